The third kappa shape index (κ3) is 16.5. The van der Waals surface area contributed by atoms with Crippen LogP contribution in [0.4, 0.5) is 13.2 Å². The zero-order chi connectivity index (χ0) is 15.9. The van der Waals surface area contributed by atoms with Gasteiger partial charge < -0.3 is 9.47 Å². The van der Waals surface area contributed by atoms with E-state index in [2.05, 4.69) is 18.2 Å². The van der Waals surface area contributed by atoms with Crippen molar-refractivity contribution in [2.24, 2.45) is 0 Å². The Bertz CT molecular complexity index is 273. The number of rotatable bonds is 9. The number of carbonyl (C=O) groups is 1. The summed E-state index contributed by atoms with van der Waals surface area (Å²) in [6.45, 7) is 8.62. The van der Waals surface area contributed by atoms with E-state index in [0.29, 0.717) is 12.7 Å². The minimum atomic E-state index is -4.80. The van der Waals surface area contributed by atoms with Crippen LogP contribution in [0.25, 0.3) is 0 Å². The third-order valence-corrected chi connectivity index (χ3v) is 1.94. The summed E-state index contributed by atoms with van der Waals surface area (Å²) < 4.78 is 44.2. The van der Waals surface area contributed by atoms with E-state index in [1.54, 1.807) is 0 Å². The lowest BCUT2D eigenvalue weighted by molar-refractivity contribution is -0.165. The zero-order valence-corrected chi connectivity index (χ0v) is 12.0. The molecular formula is C14H23F3O3. The standard InChI is InChI=1S/C8H11F3O2.C6H12O/c1-2-3-5-13-6-4-7(12)8(9,10)11;1-3-5-6-7-4-2/h4,6H,2-3,5H2,1H3;4H,2-3,5-6H2,1H3/b6-4+;. The molecule has 6 heteroatoms. The number of allylic oxidation sites excluding steroid dienone is 1. The van der Waals surface area contributed by atoms with Gasteiger partial charge in [0.25, 0.3) is 5.78 Å². The molecule has 0 saturated carbocycles. The van der Waals surface area contributed by atoms with Gasteiger partial charge in [-0.15, -0.1) is 0 Å². The van der Waals surface area contributed by atoms with Crippen LogP contribution in [0.3, 0.4) is 0 Å². The van der Waals surface area contributed by atoms with Crippen LogP contribution in [-0.4, -0.2) is 25.2 Å². The molecule has 0 fully saturated rings. The first-order valence-electron chi connectivity index (χ1n) is 6.51. The normalized spacial score (nSPS) is 10.7. The summed E-state index contributed by atoms with van der Waals surface area (Å²) in [5, 5.41) is 0. The molecule has 0 amide bonds. The number of carbonyl (C=O) groups excluding carboxylic acids is 1. The van der Waals surface area contributed by atoms with E-state index < -0.39 is 12.0 Å². The van der Waals surface area contributed by atoms with Crippen LogP contribution in [-0.2, 0) is 14.3 Å². The van der Waals surface area contributed by atoms with Crippen molar-refractivity contribution >= 4 is 5.78 Å². The van der Waals surface area contributed by atoms with Crippen molar-refractivity contribution in [2.75, 3.05) is 13.2 Å². The first-order chi connectivity index (χ1) is 9.40. The largest absolute Gasteiger partial charge is 0.502 e. The Hall–Kier alpha value is -1.46. The average molecular weight is 296 g/mol. The van der Waals surface area contributed by atoms with Crippen LogP contribution in [0.15, 0.2) is 25.2 Å². The molecule has 0 aromatic rings. The fourth-order valence-electron chi connectivity index (χ4n) is 0.811. The summed E-state index contributed by atoms with van der Waals surface area (Å²) >= 11 is 0. The van der Waals surface area contributed by atoms with Gasteiger partial charge in [-0.25, -0.2) is 0 Å². The lowest BCUT2D eigenvalue weighted by Gasteiger charge is -2.00. The molecule has 0 aliphatic carbocycles. The van der Waals surface area contributed by atoms with Crippen LogP contribution >= 0.6 is 0 Å². The number of ketones is 1. The lowest BCUT2D eigenvalue weighted by atomic mass is 10.3. The number of hydrogen-bond donors (Lipinski definition) is 0. The first-order valence-corrected chi connectivity index (χ1v) is 6.51. The SMILES string of the molecule is C=COCCCC.CCCCO/C=C/C(=O)C(F)(F)F. The molecule has 0 spiro atoms. The molecule has 3 nitrogen and oxygen atoms in total. The van der Waals surface area contributed by atoms with Gasteiger partial charge in [-0.2, -0.15) is 13.2 Å². The van der Waals surface area contributed by atoms with Crippen molar-refractivity contribution in [2.45, 2.75) is 45.7 Å². The number of hydrogen-bond acceptors (Lipinski definition) is 3. The Morgan fingerprint density at radius 1 is 1.10 bits per heavy atom. The number of halogens is 3. The van der Waals surface area contributed by atoms with Gasteiger partial charge in [-0.05, 0) is 12.8 Å². The Balaban J connectivity index is 0. The summed E-state index contributed by atoms with van der Waals surface area (Å²) in [5.41, 5.74) is 0. The van der Waals surface area contributed by atoms with Crippen LogP contribution in [0.1, 0.15) is 39.5 Å². The predicted molar refractivity (Wildman–Crippen MR) is 72.1 cm³/mol. The zero-order valence-electron chi connectivity index (χ0n) is 12.0. The molecule has 0 aliphatic rings. The summed E-state index contributed by atoms with van der Waals surface area (Å²) in [6.07, 6.45) is 1.81. The molecule has 0 rings (SSSR count). The van der Waals surface area contributed by atoms with Gasteiger partial charge in [0.15, 0.2) is 0 Å². The molecule has 0 radical (unpaired) electrons. The van der Waals surface area contributed by atoms with E-state index in [9.17, 15) is 18.0 Å². The van der Waals surface area contributed by atoms with Crippen LogP contribution in [0.2, 0.25) is 0 Å². The van der Waals surface area contributed by atoms with Crippen molar-refractivity contribution in [1.29, 1.82) is 0 Å². The van der Waals surface area contributed by atoms with Gasteiger partial charge >= 0.3 is 6.18 Å². The number of unbranched alkanes of at least 4 members (excludes halogenated alkanes) is 2. The molecule has 0 aromatic carbocycles. The van der Waals surface area contributed by atoms with Gasteiger partial charge in [-0.3, -0.25) is 4.79 Å². The Morgan fingerprint density at radius 2 is 1.60 bits per heavy atom. The predicted octanol–water partition coefficient (Wildman–Crippen LogP) is 4.39. The highest BCUT2D eigenvalue weighted by atomic mass is 19.4. The maximum Gasteiger partial charge on any atom is 0.454 e. The van der Waals surface area contributed by atoms with E-state index in [1.165, 1.54) is 12.7 Å². The molecule has 0 atom stereocenters. The summed E-state index contributed by atoms with van der Waals surface area (Å²) in [5.74, 6) is -1.90. The maximum atomic E-state index is 11.6. The van der Waals surface area contributed by atoms with Gasteiger partial charge in [-0.1, -0.05) is 33.3 Å². The van der Waals surface area contributed by atoms with Crippen molar-refractivity contribution in [3.05, 3.63) is 25.2 Å². The molecule has 0 unspecified atom stereocenters. The van der Waals surface area contributed by atoms with Gasteiger partial charge in [0, 0.05) is 6.08 Å². The van der Waals surface area contributed by atoms with Gasteiger partial charge in [0.05, 0.1) is 25.7 Å². The highest BCUT2D eigenvalue weighted by Gasteiger charge is 2.36. The highest BCUT2D eigenvalue weighted by molar-refractivity contribution is 5.94. The molecular weight excluding hydrogens is 273 g/mol. The third-order valence-electron chi connectivity index (χ3n) is 1.94. The van der Waals surface area contributed by atoms with Crippen LogP contribution in [0.5, 0.6) is 0 Å². The second kappa shape index (κ2) is 14.0. The number of alkyl halides is 3. The minimum Gasteiger partial charge on any atom is -0.502 e. The molecule has 0 bridgehead atoms. The summed E-state index contributed by atoms with van der Waals surface area (Å²) in [4.78, 5) is 10.2. The summed E-state index contributed by atoms with van der Waals surface area (Å²) in [7, 11) is 0. The minimum absolute atomic E-state index is 0.331. The van der Waals surface area contributed by atoms with Crippen molar-refractivity contribution in [3.63, 3.8) is 0 Å². The molecule has 118 valence electrons. The Kier molecular flexibility index (Phi) is 14.6. The van der Waals surface area contributed by atoms with Crippen molar-refractivity contribution in [3.8, 4) is 0 Å². The van der Waals surface area contributed by atoms with E-state index in [0.717, 1.165) is 32.1 Å². The smallest absolute Gasteiger partial charge is 0.454 e. The average Bonchev–Trinajstić information content (AvgIpc) is 2.38. The molecule has 0 heterocycles. The fourth-order valence-corrected chi connectivity index (χ4v) is 0.811. The van der Waals surface area contributed by atoms with E-state index >= 15 is 0 Å². The van der Waals surface area contributed by atoms with Crippen molar-refractivity contribution < 1.29 is 27.4 Å². The molecule has 0 N–H and O–H groups in total. The second-order valence-corrected chi connectivity index (χ2v) is 3.78. The topological polar surface area (TPSA) is 35.5 Å². The Labute approximate surface area is 118 Å². The van der Waals surface area contributed by atoms with Gasteiger partial charge in [0.1, 0.15) is 0 Å². The lowest BCUT2D eigenvalue weighted by Crippen LogP contribution is -2.19. The van der Waals surface area contributed by atoms with E-state index in [1.807, 2.05) is 6.92 Å². The number of ether oxygens (including phenoxy) is 2. The molecule has 0 aliphatic heterocycles. The quantitative estimate of drug-likeness (QED) is 0.359. The molecule has 0 saturated heterocycles. The first kappa shape index (κ1) is 20.8. The Morgan fingerprint density at radius 3 is 2.00 bits per heavy atom. The maximum absolute atomic E-state index is 11.6. The monoisotopic (exact) mass is 296 g/mol. The van der Waals surface area contributed by atoms with Crippen LogP contribution < -0.4 is 0 Å². The highest BCUT2D eigenvalue weighted by Crippen LogP contribution is 2.16. The molecule has 0 aromatic heterocycles. The fraction of sp³-hybridized carbons (Fsp3) is 0.643. The van der Waals surface area contributed by atoms with Gasteiger partial charge in [0.2, 0.25) is 0 Å². The van der Waals surface area contributed by atoms with E-state index in [-0.39, 0.29) is 0 Å². The van der Waals surface area contributed by atoms with E-state index in [4.69, 9.17) is 4.74 Å². The molecule has 20 heavy (non-hydrogen) atoms. The second-order valence-electron chi connectivity index (χ2n) is 3.78. The van der Waals surface area contributed by atoms with Crippen LogP contribution in [0, 0.1) is 0 Å². The summed E-state index contributed by atoms with van der Waals surface area (Å²) in [6, 6.07) is 0. The van der Waals surface area contributed by atoms with Crippen molar-refractivity contribution in [1.82, 2.24) is 0 Å².